The third kappa shape index (κ3) is 2.01. The van der Waals surface area contributed by atoms with E-state index < -0.39 is 0 Å². The van der Waals surface area contributed by atoms with Gasteiger partial charge in [0.15, 0.2) is 0 Å². The van der Waals surface area contributed by atoms with Crippen molar-refractivity contribution in [2.45, 2.75) is 27.7 Å². The first kappa shape index (κ1) is 14.8. The quantitative estimate of drug-likeness (QED) is 0.537. The predicted molar refractivity (Wildman–Crippen MR) is 102 cm³/mol. The van der Waals surface area contributed by atoms with Gasteiger partial charge in [-0.05, 0) is 51.0 Å². The molecule has 0 radical (unpaired) electrons. The summed E-state index contributed by atoms with van der Waals surface area (Å²) >= 11 is 0. The lowest BCUT2D eigenvalue weighted by Gasteiger charge is -2.15. The van der Waals surface area contributed by atoms with E-state index in [1.807, 2.05) is 13.0 Å². The van der Waals surface area contributed by atoms with Crippen LogP contribution >= 0.6 is 0 Å². The molecule has 0 saturated carbocycles. The lowest BCUT2D eigenvalue weighted by Crippen LogP contribution is -2.03. The van der Waals surface area contributed by atoms with Crippen LogP contribution in [0.3, 0.4) is 0 Å². The lowest BCUT2D eigenvalue weighted by molar-refractivity contribution is 1.07. The molecule has 0 atom stereocenters. The van der Waals surface area contributed by atoms with Gasteiger partial charge in [0.05, 0.1) is 16.6 Å². The predicted octanol–water partition coefficient (Wildman–Crippen LogP) is 4.99. The summed E-state index contributed by atoms with van der Waals surface area (Å²) < 4.78 is 2.26. The Hall–Kier alpha value is -2.81. The second-order valence-corrected chi connectivity index (χ2v) is 6.65. The third-order valence-electron chi connectivity index (χ3n) is 4.64. The summed E-state index contributed by atoms with van der Waals surface area (Å²) in [6.07, 6.45) is 0. The van der Waals surface area contributed by atoms with Gasteiger partial charge in [0, 0.05) is 16.8 Å². The fourth-order valence-electron chi connectivity index (χ4n) is 3.86. The minimum Gasteiger partial charge on any atom is -0.398 e. The molecule has 2 N–H and O–H groups in total. The van der Waals surface area contributed by atoms with Gasteiger partial charge in [-0.1, -0.05) is 35.9 Å². The molecule has 3 nitrogen and oxygen atoms in total. The minimum absolute atomic E-state index is 0.787. The van der Waals surface area contributed by atoms with Gasteiger partial charge in [-0.25, -0.2) is 4.98 Å². The lowest BCUT2D eigenvalue weighted by atomic mass is 10.0. The largest absolute Gasteiger partial charge is 0.398 e. The highest BCUT2D eigenvalue weighted by atomic mass is 15.1. The summed E-state index contributed by atoms with van der Waals surface area (Å²) in [5, 5.41) is 2.19. The number of nitrogen functional groups attached to an aromatic ring is 1. The first-order valence-electron chi connectivity index (χ1n) is 8.22. The number of anilines is 1. The number of hydrogen-bond acceptors (Lipinski definition) is 2. The van der Waals surface area contributed by atoms with E-state index in [9.17, 15) is 0 Å². The molecule has 0 spiro atoms. The number of para-hydroxylation sites is 1. The summed E-state index contributed by atoms with van der Waals surface area (Å²) in [4.78, 5) is 4.84. The van der Waals surface area contributed by atoms with E-state index in [4.69, 9.17) is 10.7 Å². The Kier molecular flexibility index (Phi) is 3.14. The molecule has 2 aromatic heterocycles. The van der Waals surface area contributed by atoms with Gasteiger partial charge in [-0.2, -0.15) is 0 Å². The molecular weight excluding hydrogens is 294 g/mol. The summed E-state index contributed by atoms with van der Waals surface area (Å²) in [7, 11) is 0. The summed E-state index contributed by atoms with van der Waals surface area (Å²) in [5.74, 6) is 0. The number of hydrogen-bond donors (Lipinski definition) is 1. The van der Waals surface area contributed by atoms with E-state index in [1.165, 1.54) is 22.4 Å². The zero-order valence-corrected chi connectivity index (χ0v) is 14.5. The number of aromatic nitrogens is 2. The van der Waals surface area contributed by atoms with Crippen LogP contribution in [-0.2, 0) is 0 Å². The fraction of sp³-hybridized carbons (Fsp3) is 0.190. The Labute approximate surface area is 141 Å². The first-order valence-corrected chi connectivity index (χ1v) is 8.22. The van der Waals surface area contributed by atoms with E-state index >= 15 is 0 Å². The molecule has 0 aliphatic heterocycles. The van der Waals surface area contributed by atoms with Crippen molar-refractivity contribution in [3.05, 3.63) is 64.8 Å². The van der Waals surface area contributed by atoms with Gasteiger partial charge in [-0.3, -0.25) is 4.57 Å². The molecule has 24 heavy (non-hydrogen) atoms. The van der Waals surface area contributed by atoms with Crippen LogP contribution in [0.2, 0.25) is 0 Å². The maximum atomic E-state index is 6.36. The first-order chi connectivity index (χ1) is 11.5. The number of pyridine rings is 1. The molecule has 0 aliphatic carbocycles. The van der Waals surface area contributed by atoms with E-state index in [0.29, 0.717) is 0 Å². The number of benzene rings is 2. The molecule has 120 valence electrons. The number of nitrogens with zero attached hydrogens (tertiary/aromatic N) is 2. The molecule has 0 bridgehead atoms. The van der Waals surface area contributed by atoms with Gasteiger partial charge >= 0.3 is 0 Å². The molecule has 0 unspecified atom stereocenters. The SMILES string of the molecule is Cc1cc(C)c(-n2c3ccccc3c3c(N)cc(C)nc32)c(C)c1. The van der Waals surface area contributed by atoms with Gasteiger partial charge in [-0.15, -0.1) is 0 Å². The molecule has 4 rings (SSSR count). The van der Waals surface area contributed by atoms with Crippen LogP contribution in [0.4, 0.5) is 5.69 Å². The zero-order valence-electron chi connectivity index (χ0n) is 14.5. The van der Waals surface area contributed by atoms with Crippen LogP contribution in [0.15, 0.2) is 42.5 Å². The number of fused-ring (bicyclic) bond motifs is 3. The average Bonchev–Trinajstić information content (AvgIpc) is 2.81. The maximum absolute atomic E-state index is 6.36. The molecule has 0 fully saturated rings. The summed E-state index contributed by atoms with van der Waals surface area (Å²) in [5.41, 5.74) is 15.1. The van der Waals surface area contributed by atoms with Gasteiger partial charge in [0.25, 0.3) is 0 Å². The smallest absolute Gasteiger partial charge is 0.147 e. The Bertz CT molecular complexity index is 1080. The molecule has 0 aliphatic rings. The Morgan fingerprint density at radius 2 is 1.58 bits per heavy atom. The van der Waals surface area contributed by atoms with Crippen molar-refractivity contribution in [3.63, 3.8) is 0 Å². The zero-order chi connectivity index (χ0) is 17.0. The van der Waals surface area contributed by atoms with Crippen molar-refractivity contribution in [3.8, 4) is 5.69 Å². The third-order valence-corrected chi connectivity index (χ3v) is 4.64. The Balaban J connectivity index is 2.27. The summed E-state index contributed by atoms with van der Waals surface area (Å²) in [6.45, 7) is 8.45. The van der Waals surface area contributed by atoms with Gasteiger partial charge in [0.2, 0.25) is 0 Å². The molecule has 0 saturated heterocycles. The molecule has 0 amide bonds. The Morgan fingerprint density at radius 1 is 0.917 bits per heavy atom. The molecule has 2 heterocycles. The van der Waals surface area contributed by atoms with Crippen molar-refractivity contribution < 1.29 is 0 Å². The minimum atomic E-state index is 0.787. The van der Waals surface area contributed by atoms with E-state index in [-0.39, 0.29) is 0 Å². The number of aryl methyl sites for hydroxylation is 4. The van der Waals surface area contributed by atoms with Gasteiger partial charge in [0.1, 0.15) is 5.65 Å². The van der Waals surface area contributed by atoms with Crippen LogP contribution in [-0.4, -0.2) is 9.55 Å². The van der Waals surface area contributed by atoms with Crippen LogP contribution in [0.5, 0.6) is 0 Å². The van der Waals surface area contributed by atoms with Crippen molar-refractivity contribution in [1.82, 2.24) is 9.55 Å². The van der Waals surface area contributed by atoms with Crippen molar-refractivity contribution in [2.24, 2.45) is 0 Å². The van der Waals surface area contributed by atoms with Gasteiger partial charge < -0.3 is 5.73 Å². The van der Waals surface area contributed by atoms with E-state index in [0.717, 1.165) is 33.3 Å². The highest BCUT2D eigenvalue weighted by Crippen LogP contribution is 2.36. The average molecular weight is 315 g/mol. The molecular formula is C21H21N3. The van der Waals surface area contributed by atoms with Crippen LogP contribution < -0.4 is 5.73 Å². The Morgan fingerprint density at radius 3 is 2.29 bits per heavy atom. The van der Waals surface area contributed by atoms with E-state index in [1.54, 1.807) is 0 Å². The van der Waals surface area contributed by atoms with Crippen LogP contribution in [0.25, 0.3) is 27.6 Å². The fourth-order valence-corrected chi connectivity index (χ4v) is 3.86. The van der Waals surface area contributed by atoms with E-state index in [2.05, 4.69) is 61.7 Å². The highest BCUT2D eigenvalue weighted by Gasteiger charge is 2.18. The van der Waals surface area contributed by atoms with Crippen molar-refractivity contribution >= 4 is 27.6 Å². The standard InChI is InChI=1S/C21H21N3/c1-12-9-13(2)20(14(3)10-12)24-18-8-6-5-7-16(18)19-17(22)11-15(4)23-21(19)24/h5-11H,1-4H3,(H2,22,23). The van der Waals surface area contributed by atoms with Crippen LogP contribution in [0.1, 0.15) is 22.4 Å². The molecule has 3 heteroatoms. The second-order valence-electron chi connectivity index (χ2n) is 6.65. The highest BCUT2D eigenvalue weighted by molar-refractivity contribution is 6.13. The molecule has 2 aromatic carbocycles. The van der Waals surface area contributed by atoms with Crippen molar-refractivity contribution in [2.75, 3.05) is 5.73 Å². The van der Waals surface area contributed by atoms with Crippen molar-refractivity contribution in [1.29, 1.82) is 0 Å². The second kappa shape index (κ2) is 5.10. The molecule has 4 aromatic rings. The number of rotatable bonds is 1. The maximum Gasteiger partial charge on any atom is 0.147 e. The summed E-state index contributed by atoms with van der Waals surface area (Å²) in [6, 6.07) is 14.8. The number of nitrogens with two attached hydrogens (primary N) is 1. The van der Waals surface area contributed by atoms with Crippen LogP contribution in [0, 0.1) is 27.7 Å². The topological polar surface area (TPSA) is 43.8 Å². The normalized spacial score (nSPS) is 11.5. The monoisotopic (exact) mass is 315 g/mol.